The van der Waals surface area contributed by atoms with Crippen molar-refractivity contribution < 1.29 is 22.7 Å². The van der Waals surface area contributed by atoms with Gasteiger partial charge in [0.2, 0.25) is 5.91 Å². The average Bonchev–Trinajstić information content (AvgIpc) is 2.47. The Morgan fingerprint density at radius 2 is 2.05 bits per heavy atom. The molecule has 22 heavy (non-hydrogen) atoms. The van der Waals surface area contributed by atoms with Crippen LogP contribution in [-0.2, 0) is 15.7 Å². The minimum absolute atomic E-state index is 0.191. The maximum absolute atomic E-state index is 12.9. The molecular formula is C14H17F3N2O2S. The lowest BCUT2D eigenvalue weighted by Gasteiger charge is -2.31. The number of thioether (sulfide) groups is 1. The number of anilines is 2. The highest BCUT2D eigenvalue weighted by Crippen LogP contribution is 2.35. The van der Waals surface area contributed by atoms with Crippen LogP contribution in [0, 0.1) is 0 Å². The van der Waals surface area contributed by atoms with Crippen LogP contribution in [0.5, 0.6) is 0 Å². The summed E-state index contributed by atoms with van der Waals surface area (Å²) in [6.45, 7) is 2.19. The molecule has 1 aliphatic heterocycles. The second-order valence-corrected chi connectivity index (χ2v) is 5.68. The maximum atomic E-state index is 12.9. The van der Waals surface area contributed by atoms with Crippen molar-refractivity contribution in [1.29, 1.82) is 0 Å². The predicted molar refractivity (Wildman–Crippen MR) is 81.5 cm³/mol. The summed E-state index contributed by atoms with van der Waals surface area (Å²) in [5.41, 5.74) is 0.00508. The fourth-order valence-electron chi connectivity index (χ4n) is 2.21. The van der Waals surface area contributed by atoms with E-state index in [0.717, 1.165) is 12.1 Å². The molecule has 0 radical (unpaired) electrons. The number of alkyl halides is 3. The second-order valence-electron chi connectivity index (χ2n) is 4.81. The van der Waals surface area contributed by atoms with Crippen LogP contribution < -0.4 is 10.2 Å². The molecule has 2 rings (SSSR count). The fourth-order valence-corrected chi connectivity index (χ4v) is 2.54. The van der Waals surface area contributed by atoms with Crippen molar-refractivity contribution in [2.75, 3.05) is 48.5 Å². The first kappa shape index (κ1) is 17.0. The van der Waals surface area contributed by atoms with Gasteiger partial charge in [-0.3, -0.25) is 4.79 Å². The van der Waals surface area contributed by atoms with Crippen molar-refractivity contribution in [2.45, 2.75) is 6.18 Å². The maximum Gasteiger partial charge on any atom is 0.416 e. The van der Waals surface area contributed by atoms with Gasteiger partial charge in [0.25, 0.3) is 0 Å². The normalized spacial score (nSPS) is 15.7. The Hall–Kier alpha value is -1.41. The van der Waals surface area contributed by atoms with Gasteiger partial charge in [-0.1, -0.05) is 0 Å². The minimum atomic E-state index is -4.44. The number of morpholine rings is 1. The molecule has 8 heteroatoms. The standard InChI is InChI=1S/C14H17F3N2O2S/c1-22-9-13(20)18-11-8-10(14(15,16)17)2-3-12(11)19-4-6-21-7-5-19/h2-3,8H,4-7,9H2,1H3,(H,18,20). The summed E-state index contributed by atoms with van der Waals surface area (Å²) in [5, 5.41) is 2.58. The molecule has 1 amide bonds. The van der Waals surface area contributed by atoms with Crippen molar-refractivity contribution in [3.63, 3.8) is 0 Å². The van der Waals surface area contributed by atoms with Gasteiger partial charge < -0.3 is 15.0 Å². The molecule has 0 spiro atoms. The molecule has 0 atom stereocenters. The summed E-state index contributed by atoms with van der Waals surface area (Å²) < 4.78 is 43.9. The largest absolute Gasteiger partial charge is 0.416 e. The topological polar surface area (TPSA) is 41.6 Å². The van der Waals surface area contributed by atoms with Crippen molar-refractivity contribution >= 4 is 29.0 Å². The number of nitrogens with one attached hydrogen (secondary N) is 1. The van der Waals surface area contributed by atoms with Gasteiger partial charge in [0.15, 0.2) is 0 Å². The first-order chi connectivity index (χ1) is 10.4. The van der Waals surface area contributed by atoms with E-state index in [1.165, 1.54) is 17.8 Å². The van der Waals surface area contributed by atoms with Crippen LogP contribution >= 0.6 is 11.8 Å². The molecule has 0 bridgehead atoms. The molecule has 0 aliphatic carbocycles. The Bertz CT molecular complexity index is 531. The summed E-state index contributed by atoms with van der Waals surface area (Å²) in [6, 6.07) is 3.43. The quantitative estimate of drug-likeness (QED) is 0.919. The zero-order valence-corrected chi connectivity index (χ0v) is 12.9. The van der Waals surface area contributed by atoms with Crippen LogP contribution in [0.25, 0.3) is 0 Å². The molecule has 1 heterocycles. The van der Waals surface area contributed by atoms with Crippen molar-refractivity contribution in [3.8, 4) is 0 Å². The summed E-state index contributed by atoms with van der Waals surface area (Å²) in [6.07, 6.45) is -2.68. The number of amides is 1. The Labute approximate surface area is 131 Å². The summed E-state index contributed by atoms with van der Waals surface area (Å²) in [5.74, 6) is -0.125. The molecule has 1 aromatic carbocycles. The van der Waals surface area contributed by atoms with Gasteiger partial charge in [-0.2, -0.15) is 24.9 Å². The van der Waals surface area contributed by atoms with Crippen LogP contribution in [0.1, 0.15) is 5.56 Å². The number of carbonyl (C=O) groups is 1. The molecule has 1 aromatic rings. The third kappa shape index (κ3) is 4.30. The Morgan fingerprint density at radius 1 is 1.36 bits per heavy atom. The van der Waals surface area contributed by atoms with E-state index in [9.17, 15) is 18.0 Å². The molecule has 0 saturated carbocycles. The molecule has 0 aromatic heterocycles. The zero-order valence-electron chi connectivity index (χ0n) is 12.1. The van der Waals surface area contributed by atoms with Gasteiger partial charge in [-0.25, -0.2) is 0 Å². The Kier molecular flexibility index (Phi) is 5.57. The van der Waals surface area contributed by atoms with E-state index in [0.29, 0.717) is 32.0 Å². The molecule has 122 valence electrons. The van der Waals surface area contributed by atoms with Crippen LogP contribution in [0.4, 0.5) is 24.5 Å². The number of halogens is 3. The number of ether oxygens (including phenoxy) is 1. The molecule has 1 N–H and O–H groups in total. The van der Waals surface area contributed by atoms with Crippen LogP contribution in [0.15, 0.2) is 18.2 Å². The fraction of sp³-hybridized carbons (Fsp3) is 0.500. The lowest BCUT2D eigenvalue weighted by Crippen LogP contribution is -2.37. The zero-order chi connectivity index (χ0) is 16.2. The highest BCUT2D eigenvalue weighted by atomic mass is 32.2. The van der Waals surface area contributed by atoms with Crippen molar-refractivity contribution in [3.05, 3.63) is 23.8 Å². The summed E-state index contributed by atoms with van der Waals surface area (Å²) in [4.78, 5) is 13.7. The highest BCUT2D eigenvalue weighted by Gasteiger charge is 2.31. The monoisotopic (exact) mass is 334 g/mol. The van der Waals surface area contributed by atoms with Crippen LogP contribution in [0.3, 0.4) is 0 Å². The van der Waals surface area contributed by atoms with Gasteiger partial charge in [0, 0.05) is 13.1 Å². The molecule has 0 unspecified atom stereocenters. The predicted octanol–water partition coefficient (Wildman–Crippen LogP) is 2.84. The summed E-state index contributed by atoms with van der Waals surface area (Å²) in [7, 11) is 0. The van der Waals surface area contributed by atoms with E-state index in [-0.39, 0.29) is 17.3 Å². The van der Waals surface area contributed by atoms with Crippen molar-refractivity contribution in [1.82, 2.24) is 0 Å². The Balaban J connectivity index is 2.32. The van der Waals surface area contributed by atoms with Crippen molar-refractivity contribution in [2.24, 2.45) is 0 Å². The van der Waals surface area contributed by atoms with Gasteiger partial charge in [0.1, 0.15) is 0 Å². The lowest BCUT2D eigenvalue weighted by molar-refractivity contribution is -0.137. The minimum Gasteiger partial charge on any atom is -0.378 e. The number of carbonyl (C=O) groups excluding carboxylic acids is 1. The van der Waals surface area contributed by atoms with Crippen LogP contribution in [-0.4, -0.2) is 44.2 Å². The first-order valence-corrected chi connectivity index (χ1v) is 8.14. The third-order valence-corrected chi connectivity index (χ3v) is 3.78. The number of rotatable bonds is 4. The second kappa shape index (κ2) is 7.23. The molecular weight excluding hydrogens is 317 g/mol. The van der Waals surface area contributed by atoms with Gasteiger partial charge in [-0.05, 0) is 24.5 Å². The van der Waals surface area contributed by atoms with E-state index < -0.39 is 11.7 Å². The average molecular weight is 334 g/mol. The smallest absolute Gasteiger partial charge is 0.378 e. The van der Waals surface area contributed by atoms with E-state index in [4.69, 9.17) is 4.74 Å². The molecule has 4 nitrogen and oxygen atoms in total. The van der Waals surface area contributed by atoms with E-state index in [1.54, 1.807) is 6.26 Å². The number of hydrogen-bond acceptors (Lipinski definition) is 4. The van der Waals surface area contributed by atoms with Gasteiger partial charge in [-0.15, -0.1) is 0 Å². The van der Waals surface area contributed by atoms with Gasteiger partial charge in [0.05, 0.1) is 35.9 Å². The van der Waals surface area contributed by atoms with Gasteiger partial charge >= 0.3 is 6.18 Å². The SMILES string of the molecule is CSCC(=O)Nc1cc(C(F)(F)F)ccc1N1CCOCC1. The van der Waals surface area contributed by atoms with E-state index in [2.05, 4.69) is 5.32 Å². The highest BCUT2D eigenvalue weighted by molar-refractivity contribution is 7.99. The number of benzene rings is 1. The number of hydrogen-bond donors (Lipinski definition) is 1. The number of nitrogens with zero attached hydrogens (tertiary/aromatic N) is 1. The third-order valence-electron chi connectivity index (χ3n) is 3.23. The first-order valence-electron chi connectivity index (χ1n) is 6.74. The molecule has 1 fully saturated rings. The van der Waals surface area contributed by atoms with E-state index >= 15 is 0 Å². The molecule has 1 saturated heterocycles. The molecule has 1 aliphatic rings. The van der Waals surface area contributed by atoms with Crippen LogP contribution in [0.2, 0.25) is 0 Å². The Morgan fingerprint density at radius 3 is 2.64 bits per heavy atom. The van der Waals surface area contributed by atoms with E-state index in [1.807, 2.05) is 4.90 Å². The summed E-state index contributed by atoms with van der Waals surface area (Å²) >= 11 is 1.31. The lowest BCUT2D eigenvalue weighted by atomic mass is 10.1.